The number of fused-ring (bicyclic) bond motifs is 5. The number of hydrogen-bond donors (Lipinski definition) is 0. The lowest BCUT2D eigenvalue weighted by Crippen LogP contribution is -2.02. The quantitative estimate of drug-likeness (QED) is 0.295. The van der Waals surface area contributed by atoms with Crippen molar-refractivity contribution in [1.29, 1.82) is 0 Å². The Morgan fingerprint density at radius 3 is 2.21 bits per heavy atom. The standard InChI is InChI=1S/C28H20O/c1-3-9-19(10-4-1)24-17-27-25(18-26(29-27)21-12-5-2-6-13-21)23-16-15-20-11-7-8-14-22(20)28(23)24/h1-17,26H,18H2/t26-/m1/s1. The van der Waals surface area contributed by atoms with E-state index in [1.165, 1.54) is 43.8 Å². The molecule has 138 valence electrons. The van der Waals surface area contributed by atoms with E-state index in [9.17, 15) is 0 Å². The van der Waals surface area contributed by atoms with Crippen molar-refractivity contribution in [2.75, 3.05) is 0 Å². The van der Waals surface area contributed by atoms with E-state index in [1.807, 2.05) is 0 Å². The maximum Gasteiger partial charge on any atom is 0.128 e. The van der Waals surface area contributed by atoms with E-state index in [0.717, 1.165) is 12.2 Å². The molecular formula is C28H20O. The Bertz CT molecular complexity index is 1340. The number of rotatable bonds is 2. The fourth-order valence-corrected chi connectivity index (χ4v) is 4.63. The van der Waals surface area contributed by atoms with Crippen molar-refractivity contribution in [3.63, 3.8) is 0 Å². The largest absolute Gasteiger partial charge is 0.485 e. The summed E-state index contributed by atoms with van der Waals surface area (Å²) in [6.07, 6.45) is 0.982. The Labute approximate surface area is 170 Å². The minimum atomic E-state index is 0.0758. The molecule has 0 bridgehead atoms. The first-order valence-electron chi connectivity index (χ1n) is 10.1. The Morgan fingerprint density at radius 1 is 0.655 bits per heavy atom. The lowest BCUT2D eigenvalue weighted by Gasteiger charge is -2.14. The molecule has 0 aliphatic carbocycles. The lowest BCUT2D eigenvalue weighted by atomic mass is 9.89. The van der Waals surface area contributed by atoms with Crippen molar-refractivity contribution in [3.05, 3.63) is 114 Å². The summed E-state index contributed by atoms with van der Waals surface area (Å²) in [5.74, 6) is 1.01. The van der Waals surface area contributed by atoms with Gasteiger partial charge in [0, 0.05) is 12.0 Å². The highest BCUT2D eigenvalue weighted by Gasteiger charge is 2.28. The van der Waals surface area contributed by atoms with Gasteiger partial charge in [0.25, 0.3) is 0 Å². The van der Waals surface area contributed by atoms with E-state index in [4.69, 9.17) is 4.74 Å². The van der Waals surface area contributed by atoms with Crippen molar-refractivity contribution in [2.24, 2.45) is 0 Å². The molecule has 0 spiro atoms. The zero-order valence-electron chi connectivity index (χ0n) is 16.0. The molecule has 1 heteroatoms. The maximum atomic E-state index is 6.48. The predicted octanol–water partition coefficient (Wildman–Crippen LogP) is 7.34. The topological polar surface area (TPSA) is 9.23 Å². The smallest absolute Gasteiger partial charge is 0.128 e. The summed E-state index contributed by atoms with van der Waals surface area (Å²) < 4.78 is 6.48. The van der Waals surface area contributed by atoms with Gasteiger partial charge in [-0.2, -0.15) is 0 Å². The molecule has 0 fully saturated rings. The molecule has 0 unspecified atom stereocenters. The first kappa shape index (κ1) is 16.4. The highest BCUT2D eigenvalue weighted by molar-refractivity contribution is 6.16. The summed E-state index contributed by atoms with van der Waals surface area (Å²) in [5, 5.41) is 5.20. The van der Waals surface area contributed by atoms with Crippen LogP contribution < -0.4 is 4.74 Å². The third-order valence-corrected chi connectivity index (χ3v) is 6.01. The fourth-order valence-electron chi connectivity index (χ4n) is 4.63. The molecule has 1 aliphatic heterocycles. The Balaban J connectivity index is 1.64. The molecule has 1 aliphatic rings. The number of benzene rings is 5. The summed E-state index contributed by atoms with van der Waals surface area (Å²) in [5.41, 5.74) is 5.02. The maximum absolute atomic E-state index is 6.48. The molecule has 0 aromatic heterocycles. The highest BCUT2D eigenvalue weighted by Crippen LogP contribution is 2.46. The van der Waals surface area contributed by atoms with E-state index < -0.39 is 0 Å². The van der Waals surface area contributed by atoms with Gasteiger partial charge in [-0.3, -0.25) is 0 Å². The van der Waals surface area contributed by atoms with Crippen LogP contribution in [0.15, 0.2) is 103 Å². The molecule has 1 atom stereocenters. The van der Waals surface area contributed by atoms with E-state index in [1.54, 1.807) is 0 Å². The highest BCUT2D eigenvalue weighted by atomic mass is 16.5. The van der Waals surface area contributed by atoms with Gasteiger partial charge in [0.05, 0.1) is 0 Å². The van der Waals surface area contributed by atoms with E-state index >= 15 is 0 Å². The average molecular weight is 372 g/mol. The second-order valence-corrected chi connectivity index (χ2v) is 7.70. The van der Waals surface area contributed by atoms with Crippen molar-refractivity contribution < 1.29 is 4.74 Å². The van der Waals surface area contributed by atoms with E-state index in [-0.39, 0.29) is 6.10 Å². The van der Waals surface area contributed by atoms with Crippen LogP contribution in [0.25, 0.3) is 32.7 Å². The molecule has 6 rings (SSSR count). The van der Waals surface area contributed by atoms with Crippen molar-refractivity contribution >= 4 is 21.5 Å². The zero-order chi connectivity index (χ0) is 19.2. The molecule has 0 radical (unpaired) electrons. The van der Waals surface area contributed by atoms with Crippen LogP contribution in [-0.4, -0.2) is 0 Å². The van der Waals surface area contributed by atoms with Gasteiger partial charge in [-0.05, 0) is 44.3 Å². The summed E-state index contributed by atoms with van der Waals surface area (Å²) in [6.45, 7) is 0. The average Bonchev–Trinajstić information content (AvgIpc) is 3.24. The number of ether oxygens (including phenoxy) is 1. The Hall–Kier alpha value is -3.58. The second kappa shape index (κ2) is 6.49. The fraction of sp³-hybridized carbons (Fsp3) is 0.0714. The molecule has 29 heavy (non-hydrogen) atoms. The monoisotopic (exact) mass is 372 g/mol. The molecule has 1 nitrogen and oxygen atoms in total. The molecule has 0 saturated heterocycles. The van der Waals surface area contributed by atoms with Gasteiger partial charge in [-0.25, -0.2) is 0 Å². The van der Waals surface area contributed by atoms with Gasteiger partial charge in [-0.1, -0.05) is 97.1 Å². The molecule has 5 aromatic carbocycles. The van der Waals surface area contributed by atoms with Gasteiger partial charge >= 0.3 is 0 Å². The molecule has 5 aromatic rings. The summed E-state index contributed by atoms with van der Waals surface area (Å²) in [4.78, 5) is 0. The van der Waals surface area contributed by atoms with Crippen LogP contribution in [-0.2, 0) is 6.42 Å². The molecule has 0 N–H and O–H groups in total. The van der Waals surface area contributed by atoms with Crippen LogP contribution in [0, 0.1) is 0 Å². The van der Waals surface area contributed by atoms with Crippen LogP contribution >= 0.6 is 0 Å². The van der Waals surface area contributed by atoms with Gasteiger partial charge in [0.15, 0.2) is 0 Å². The van der Waals surface area contributed by atoms with E-state index in [2.05, 4.69) is 103 Å². The van der Waals surface area contributed by atoms with Crippen molar-refractivity contribution in [2.45, 2.75) is 12.5 Å². The first-order chi connectivity index (χ1) is 14.4. The van der Waals surface area contributed by atoms with Crippen LogP contribution in [0.3, 0.4) is 0 Å². The van der Waals surface area contributed by atoms with E-state index in [0.29, 0.717) is 0 Å². The normalized spacial score (nSPS) is 15.4. The van der Waals surface area contributed by atoms with Gasteiger partial charge in [-0.15, -0.1) is 0 Å². The summed E-state index contributed by atoms with van der Waals surface area (Å²) in [6, 6.07) is 36.6. The predicted molar refractivity (Wildman–Crippen MR) is 120 cm³/mol. The SMILES string of the molecule is c1ccc(-c2cc3c(c4ccc5ccccc5c24)C[C@H](c2ccccc2)O3)cc1. The zero-order valence-corrected chi connectivity index (χ0v) is 16.0. The summed E-state index contributed by atoms with van der Waals surface area (Å²) >= 11 is 0. The lowest BCUT2D eigenvalue weighted by molar-refractivity contribution is 0.239. The van der Waals surface area contributed by atoms with Crippen LogP contribution in [0.4, 0.5) is 0 Å². The minimum Gasteiger partial charge on any atom is -0.485 e. The molecule has 0 saturated carbocycles. The molecular weight excluding hydrogens is 352 g/mol. The Morgan fingerprint density at radius 2 is 1.38 bits per heavy atom. The van der Waals surface area contributed by atoms with Crippen LogP contribution in [0.1, 0.15) is 17.2 Å². The summed E-state index contributed by atoms with van der Waals surface area (Å²) in [7, 11) is 0. The van der Waals surface area contributed by atoms with Crippen LogP contribution in [0.5, 0.6) is 5.75 Å². The number of hydrogen-bond acceptors (Lipinski definition) is 1. The third kappa shape index (κ3) is 2.62. The molecule has 1 heterocycles. The third-order valence-electron chi connectivity index (χ3n) is 6.01. The second-order valence-electron chi connectivity index (χ2n) is 7.70. The van der Waals surface area contributed by atoms with Crippen molar-refractivity contribution in [1.82, 2.24) is 0 Å². The first-order valence-corrected chi connectivity index (χ1v) is 10.1. The Kier molecular flexibility index (Phi) is 3.67. The minimum absolute atomic E-state index is 0.0758. The van der Waals surface area contributed by atoms with Gasteiger partial charge in [0.1, 0.15) is 11.9 Å². The van der Waals surface area contributed by atoms with Gasteiger partial charge in [0.2, 0.25) is 0 Å². The van der Waals surface area contributed by atoms with Crippen molar-refractivity contribution in [3.8, 4) is 16.9 Å². The van der Waals surface area contributed by atoms with Crippen LogP contribution in [0.2, 0.25) is 0 Å². The van der Waals surface area contributed by atoms with Gasteiger partial charge < -0.3 is 4.74 Å². The molecule has 0 amide bonds.